The van der Waals surface area contributed by atoms with Crippen molar-refractivity contribution in [2.45, 2.75) is 44.2 Å². The van der Waals surface area contributed by atoms with Crippen LogP contribution in [0, 0.1) is 5.82 Å². The second-order valence-electron chi connectivity index (χ2n) is 8.17. The van der Waals surface area contributed by atoms with E-state index in [4.69, 9.17) is 11.6 Å². The number of aromatic nitrogens is 2. The number of rotatable bonds is 6. The maximum absolute atomic E-state index is 13.3. The summed E-state index contributed by atoms with van der Waals surface area (Å²) in [6, 6.07) is 14.2. The van der Waals surface area contributed by atoms with Crippen LogP contribution >= 0.6 is 11.6 Å². The van der Waals surface area contributed by atoms with E-state index in [1.807, 2.05) is 18.2 Å². The van der Waals surface area contributed by atoms with E-state index < -0.39 is 22.9 Å². The molecule has 6 nitrogen and oxygen atoms in total. The molecule has 166 valence electrons. The zero-order valence-corrected chi connectivity index (χ0v) is 18.1. The van der Waals surface area contributed by atoms with Crippen LogP contribution in [0.1, 0.15) is 47.3 Å². The molecule has 1 fully saturated rings. The Morgan fingerprint density at radius 2 is 1.91 bits per heavy atom. The van der Waals surface area contributed by atoms with Crippen LogP contribution in [-0.4, -0.2) is 20.8 Å². The van der Waals surface area contributed by atoms with E-state index in [1.165, 1.54) is 34.6 Å². The first-order valence-corrected chi connectivity index (χ1v) is 10.8. The third-order valence-corrected chi connectivity index (χ3v) is 6.30. The lowest BCUT2D eigenvalue weighted by Crippen LogP contribution is -2.34. The molecule has 0 spiro atoms. The van der Waals surface area contributed by atoms with E-state index >= 15 is 0 Å². The smallest absolute Gasteiger partial charge is 0.276 e. The SMILES string of the molecule is O=C(NCc1ccc(F)c(Cl)c1)c1nn(CC2(c3ccccc3)CCCC2)cc(O)c1=O. The van der Waals surface area contributed by atoms with Crippen LogP contribution in [0.15, 0.2) is 59.5 Å². The zero-order valence-electron chi connectivity index (χ0n) is 17.4. The van der Waals surface area contributed by atoms with Crippen LogP contribution in [-0.2, 0) is 18.5 Å². The largest absolute Gasteiger partial charge is 0.503 e. The van der Waals surface area contributed by atoms with Crippen LogP contribution in [0.3, 0.4) is 0 Å². The second kappa shape index (κ2) is 9.12. The van der Waals surface area contributed by atoms with Gasteiger partial charge in [-0.15, -0.1) is 0 Å². The van der Waals surface area contributed by atoms with Crippen LogP contribution in [0.4, 0.5) is 4.39 Å². The maximum Gasteiger partial charge on any atom is 0.276 e. The molecule has 1 amide bonds. The molecule has 1 aliphatic carbocycles. The van der Waals surface area contributed by atoms with Gasteiger partial charge in [-0.05, 0) is 36.1 Å². The second-order valence-corrected chi connectivity index (χ2v) is 8.58. The molecule has 1 saturated carbocycles. The summed E-state index contributed by atoms with van der Waals surface area (Å²) in [6.07, 6.45) is 5.35. The van der Waals surface area contributed by atoms with Crippen molar-refractivity contribution in [1.82, 2.24) is 15.1 Å². The number of nitrogens with zero attached hydrogens (tertiary/aromatic N) is 2. The molecule has 0 radical (unpaired) electrons. The number of benzene rings is 2. The van der Waals surface area contributed by atoms with Gasteiger partial charge in [-0.25, -0.2) is 4.39 Å². The fraction of sp³-hybridized carbons (Fsp3) is 0.292. The van der Waals surface area contributed by atoms with Gasteiger partial charge in [0, 0.05) is 12.0 Å². The summed E-state index contributed by atoms with van der Waals surface area (Å²) in [5.41, 5.74) is 0.348. The lowest BCUT2D eigenvalue weighted by atomic mass is 9.79. The molecule has 0 bridgehead atoms. The van der Waals surface area contributed by atoms with Crippen molar-refractivity contribution in [2.24, 2.45) is 0 Å². The number of nitrogens with one attached hydrogen (secondary N) is 1. The van der Waals surface area contributed by atoms with Gasteiger partial charge in [0.1, 0.15) is 5.82 Å². The highest BCUT2D eigenvalue weighted by molar-refractivity contribution is 6.30. The first-order chi connectivity index (χ1) is 15.4. The Morgan fingerprint density at radius 3 is 2.59 bits per heavy atom. The van der Waals surface area contributed by atoms with Crippen molar-refractivity contribution < 1.29 is 14.3 Å². The molecule has 3 aromatic rings. The lowest BCUT2D eigenvalue weighted by molar-refractivity contribution is 0.0940. The van der Waals surface area contributed by atoms with Crippen LogP contribution in [0.2, 0.25) is 5.02 Å². The normalized spacial score (nSPS) is 14.9. The molecule has 0 unspecified atom stereocenters. The minimum absolute atomic E-state index is 0.0313. The molecule has 1 aromatic heterocycles. The van der Waals surface area contributed by atoms with Gasteiger partial charge >= 0.3 is 0 Å². The van der Waals surface area contributed by atoms with Gasteiger partial charge in [-0.3, -0.25) is 14.3 Å². The Labute approximate surface area is 189 Å². The Bertz CT molecular complexity index is 1190. The van der Waals surface area contributed by atoms with E-state index in [0.717, 1.165) is 25.7 Å². The summed E-state index contributed by atoms with van der Waals surface area (Å²) in [5.74, 6) is -1.81. The van der Waals surface area contributed by atoms with Crippen molar-refractivity contribution in [2.75, 3.05) is 0 Å². The molecule has 0 saturated heterocycles. The highest BCUT2D eigenvalue weighted by atomic mass is 35.5. The molecule has 2 N–H and O–H groups in total. The fourth-order valence-electron chi connectivity index (χ4n) is 4.36. The predicted octanol–water partition coefficient (Wildman–Crippen LogP) is 4.18. The average molecular weight is 456 g/mol. The fourth-order valence-corrected chi connectivity index (χ4v) is 4.56. The summed E-state index contributed by atoms with van der Waals surface area (Å²) in [7, 11) is 0. The van der Waals surface area contributed by atoms with E-state index in [-0.39, 0.29) is 22.7 Å². The predicted molar refractivity (Wildman–Crippen MR) is 119 cm³/mol. The van der Waals surface area contributed by atoms with Crippen LogP contribution in [0.25, 0.3) is 0 Å². The van der Waals surface area contributed by atoms with Gasteiger partial charge in [0.25, 0.3) is 11.3 Å². The Morgan fingerprint density at radius 1 is 1.19 bits per heavy atom. The lowest BCUT2D eigenvalue weighted by Gasteiger charge is -2.30. The summed E-state index contributed by atoms with van der Waals surface area (Å²) in [6.45, 7) is 0.474. The highest BCUT2D eigenvalue weighted by Gasteiger charge is 2.36. The number of aromatic hydroxyl groups is 1. The summed E-state index contributed by atoms with van der Waals surface area (Å²) in [5, 5.41) is 17.0. The summed E-state index contributed by atoms with van der Waals surface area (Å²) in [4.78, 5) is 25.1. The average Bonchev–Trinajstić information content (AvgIpc) is 3.27. The standard InChI is InChI=1S/C24H23ClFN3O3/c25-18-12-16(8-9-19(18)26)13-27-23(32)21-22(31)20(30)14-29(28-21)15-24(10-4-5-11-24)17-6-2-1-3-7-17/h1-3,6-9,12,14,30H,4-5,10-11,13,15H2,(H,27,32). The highest BCUT2D eigenvalue weighted by Crippen LogP contribution is 2.42. The molecule has 4 rings (SSSR count). The summed E-state index contributed by atoms with van der Waals surface area (Å²) < 4.78 is 14.8. The number of amides is 1. The third-order valence-electron chi connectivity index (χ3n) is 6.01. The van der Waals surface area contributed by atoms with E-state index in [1.54, 1.807) is 0 Å². The van der Waals surface area contributed by atoms with Gasteiger partial charge in [0.2, 0.25) is 0 Å². The third kappa shape index (κ3) is 4.53. The van der Waals surface area contributed by atoms with Gasteiger partial charge in [-0.1, -0.05) is 60.8 Å². The molecule has 0 aliphatic heterocycles. The van der Waals surface area contributed by atoms with Crippen molar-refractivity contribution >= 4 is 17.5 Å². The number of hydrogen-bond acceptors (Lipinski definition) is 4. The first-order valence-electron chi connectivity index (χ1n) is 10.5. The zero-order chi connectivity index (χ0) is 22.7. The molecular formula is C24H23ClFN3O3. The van der Waals surface area contributed by atoms with Gasteiger partial charge < -0.3 is 10.4 Å². The van der Waals surface area contributed by atoms with E-state index in [0.29, 0.717) is 12.1 Å². The molecule has 32 heavy (non-hydrogen) atoms. The quantitative estimate of drug-likeness (QED) is 0.584. The number of carbonyl (C=O) groups is 1. The molecular weight excluding hydrogens is 433 g/mol. The Balaban J connectivity index is 1.58. The Hall–Kier alpha value is -3.19. The topological polar surface area (TPSA) is 84.2 Å². The van der Waals surface area contributed by atoms with Crippen molar-refractivity contribution in [3.8, 4) is 5.75 Å². The van der Waals surface area contributed by atoms with Crippen molar-refractivity contribution in [3.05, 3.63) is 92.6 Å². The minimum Gasteiger partial charge on any atom is -0.503 e. The van der Waals surface area contributed by atoms with Gasteiger partial charge in [0.05, 0.1) is 17.8 Å². The number of halogens is 2. The van der Waals surface area contributed by atoms with Gasteiger partial charge in [0.15, 0.2) is 11.4 Å². The number of hydrogen-bond donors (Lipinski definition) is 2. The molecule has 1 heterocycles. The van der Waals surface area contributed by atoms with E-state index in [9.17, 15) is 19.1 Å². The van der Waals surface area contributed by atoms with Crippen LogP contribution in [0.5, 0.6) is 5.75 Å². The molecule has 8 heteroatoms. The Kier molecular flexibility index (Phi) is 6.28. The molecule has 0 atom stereocenters. The summed E-state index contributed by atoms with van der Waals surface area (Å²) >= 11 is 5.77. The molecule has 2 aromatic carbocycles. The first kappa shape index (κ1) is 22.0. The number of carbonyl (C=O) groups excluding carboxylic acids is 1. The van der Waals surface area contributed by atoms with Crippen LogP contribution < -0.4 is 10.7 Å². The minimum atomic E-state index is -0.837. The molecule has 1 aliphatic rings. The maximum atomic E-state index is 13.3. The van der Waals surface area contributed by atoms with Gasteiger partial charge in [-0.2, -0.15) is 5.10 Å². The van der Waals surface area contributed by atoms with E-state index in [2.05, 4.69) is 22.5 Å². The van der Waals surface area contributed by atoms with Crippen molar-refractivity contribution in [1.29, 1.82) is 0 Å². The van der Waals surface area contributed by atoms with Crippen molar-refractivity contribution in [3.63, 3.8) is 0 Å². The monoisotopic (exact) mass is 455 g/mol.